The Kier molecular flexibility index (Phi) is 5.53. The van der Waals surface area contributed by atoms with Crippen molar-refractivity contribution in [2.75, 3.05) is 0 Å². The van der Waals surface area contributed by atoms with Gasteiger partial charge in [-0.3, -0.25) is 4.98 Å². The van der Waals surface area contributed by atoms with Crippen molar-refractivity contribution in [2.45, 2.75) is 38.2 Å². The van der Waals surface area contributed by atoms with Gasteiger partial charge in [-0.1, -0.05) is 59.3 Å². The predicted octanol–water partition coefficient (Wildman–Crippen LogP) is 6.35. The van der Waals surface area contributed by atoms with Crippen molar-refractivity contribution < 1.29 is 4.42 Å². The molecule has 32 heavy (non-hydrogen) atoms. The molecule has 5 nitrogen and oxygen atoms in total. The first-order chi connectivity index (χ1) is 15.6. The van der Waals surface area contributed by atoms with Gasteiger partial charge in [-0.25, -0.2) is 9.97 Å². The van der Waals surface area contributed by atoms with Crippen LogP contribution in [0, 0.1) is 20.8 Å². The van der Waals surface area contributed by atoms with Crippen LogP contribution >= 0.6 is 11.8 Å². The summed E-state index contributed by atoms with van der Waals surface area (Å²) in [5, 5.41) is 0.952. The van der Waals surface area contributed by atoms with E-state index in [0.717, 1.165) is 39.0 Å². The molecule has 160 valence electrons. The number of hydrogen-bond donors (Lipinski definition) is 0. The van der Waals surface area contributed by atoms with Crippen LogP contribution in [0.4, 0.5) is 0 Å². The Bertz CT molecular complexity index is 1390. The van der Waals surface area contributed by atoms with E-state index in [1.165, 1.54) is 16.7 Å². The SMILES string of the molecule is Cc1ccc(CSc2nc3ccncc3n2Cc2nc(-c3cccc(C)c3)oc2C)cc1. The Morgan fingerprint density at radius 3 is 2.59 bits per heavy atom. The van der Waals surface area contributed by atoms with Gasteiger partial charge in [0.05, 0.1) is 23.8 Å². The lowest BCUT2D eigenvalue weighted by molar-refractivity contribution is 0.537. The number of aromatic nitrogens is 4. The Morgan fingerprint density at radius 2 is 1.78 bits per heavy atom. The minimum atomic E-state index is 0.583. The lowest BCUT2D eigenvalue weighted by Crippen LogP contribution is -2.03. The van der Waals surface area contributed by atoms with Gasteiger partial charge in [-0.05, 0) is 44.5 Å². The first kappa shape index (κ1) is 20.5. The Hall–Kier alpha value is -3.38. The van der Waals surface area contributed by atoms with Crippen molar-refractivity contribution in [3.05, 3.63) is 95.1 Å². The maximum absolute atomic E-state index is 6.03. The zero-order chi connectivity index (χ0) is 22.1. The Balaban J connectivity index is 1.47. The summed E-state index contributed by atoms with van der Waals surface area (Å²) in [6, 6.07) is 18.8. The van der Waals surface area contributed by atoms with E-state index in [0.29, 0.717) is 12.4 Å². The summed E-state index contributed by atoms with van der Waals surface area (Å²) in [6.07, 6.45) is 3.65. The van der Waals surface area contributed by atoms with Crippen LogP contribution in [0.15, 0.2) is 76.6 Å². The third-order valence-electron chi connectivity index (χ3n) is 5.47. The van der Waals surface area contributed by atoms with Crippen LogP contribution in [0.3, 0.4) is 0 Å². The van der Waals surface area contributed by atoms with Gasteiger partial charge in [0.25, 0.3) is 0 Å². The molecule has 0 aliphatic rings. The van der Waals surface area contributed by atoms with Crippen LogP contribution in [0.5, 0.6) is 0 Å². The average Bonchev–Trinajstić information content (AvgIpc) is 3.34. The third kappa shape index (κ3) is 4.18. The summed E-state index contributed by atoms with van der Waals surface area (Å²) in [6.45, 7) is 6.73. The lowest BCUT2D eigenvalue weighted by Gasteiger charge is -2.08. The van der Waals surface area contributed by atoms with E-state index < -0.39 is 0 Å². The van der Waals surface area contributed by atoms with Gasteiger partial charge < -0.3 is 8.98 Å². The van der Waals surface area contributed by atoms with Gasteiger partial charge in [-0.2, -0.15) is 0 Å². The topological polar surface area (TPSA) is 56.7 Å². The van der Waals surface area contributed by atoms with Crippen LogP contribution < -0.4 is 0 Å². The number of pyridine rings is 1. The molecule has 0 spiro atoms. The minimum Gasteiger partial charge on any atom is -0.441 e. The van der Waals surface area contributed by atoms with Gasteiger partial charge in [0.2, 0.25) is 5.89 Å². The number of aryl methyl sites for hydroxylation is 3. The van der Waals surface area contributed by atoms with E-state index in [1.807, 2.05) is 31.3 Å². The van der Waals surface area contributed by atoms with Crippen LogP contribution in [0.1, 0.15) is 28.1 Å². The second kappa shape index (κ2) is 8.63. The standard InChI is InChI=1S/C26H24N4OS/c1-17-7-9-20(10-8-17)16-32-26-29-22-11-12-27-14-24(22)30(26)15-23-19(3)31-25(28-23)21-6-4-5-18(2)13-21/h4-14H,15-16H2,1-3H3. The molecule has 2 aromatic carbocycles. The molecule has 0 saturated heterocycles. The number of hydrogen-bond acceptors (Lipinski definition) is 5. The van der Waals surface area contributed by atoms with E-state index in [1.54, 1.807) is 18.0 Å². The molecule has 3 heterocycles. The molecule has 0 atom stereocenters. The first-order valence-corrected chi connectivity index (χ1v) is 11.6. The number of benzene rings is 2. The summed E-state index contributed by atoms with van der Waals surface area (Å²) < 4.78 is 8.22. The van der Waals surface area contributed by atoms with Crippen molar-refractivity contribution >= 4 is 22.8 Å². The van der Waals surface area contributed by atoms with Gasteiger partial charge >= 0.3 is 0 Å². The average molecular weight is 441 g/mol. The highest BCUT2D eigenvalue weighted by atomic mass is 32.2. The quantitative estimate of drug-likeness (QED) is 0.288. The molecule has 0 saturated carbocycles. The summed E-state index contributed by atoms with van der Waals surface area (Å²) in [4.78, 5) is 14.0. The smallest absolute Gasteiger partial charge is 0.226 e. The summed E-state index contributed by atoms with van der Waals surface area (Å²) in [5.74, 6) is 2.32. The number of imidazole rings is 1. The van der Waals surface area contributed by atoms with Gasteiger partial charge in [-0.15, -0.1) is 0 Å². The van der Waals surface area contributed by atoms with Crippen LogP contribution in [0.25, 0.3) is 22.5 Å². The van der Waals surface area contributed by atoms with Crippen molar-refractivity contribution in [1.82, 2.24) is 19.5 Å². The van der Waals surface area contributed by atoms with Crippen molar-refractivity contribution in [2.24, 2.45) is 0 Å². The molecule has 0 unspecified atom stereocenters. The van der Waals surface area contributed by atoms with E-state index in [9.17, 15) is 0 Å². The van der Waals surface area contributed by atoms with Crippen molar-refractivity contribution in [1.29, 1.82) is 0 Å². The highest BCUT2D eigenvalue weighted by Crippen LogP contribution is 2.29. The lowest BCUT2D eigenvalue weighted by atomic mass is 10.1. The number of nitrogens with zero attached hydrogens (tertiary/aromatic N) is 4. The fourth-order valence-electron chi connectivity index (χ4n) is 3.67. The molecule has 5 rings (SSSR count). The van der Waals surface area contributed by atoms with E-state index in [-0.39, 0.29) is 0 Å². The third-order valence-corrected chi connectivity index (χ3v) is 6.52. The summed E-state index contributed by atoms with van der Waals surface area (Å²) in [7, 11) is 0. The highest BCUT2D eigenvalue weighted by molar-refractivity contribution is 7.98. The molecular weight excluding hydrogens is 416 g/mol. The molecule has 0 radical (unpaired) electrons. The number of fused-ring (bicyclic) bond motifs is 1. The molecule has 0 bridgehead atoms. The van der Waals surface area contributed by atoms with Crippen LogP contribution in [-0.2, 0) is 12.3 Å². The monoisotopic (exact) mass is 440 g/mol. The molecule has 0 aliphatic heterocycles. The largest absolute Gasteiger partial charge is 0.441 e. The predicted molar refractivity (Wildman–Crippen MR) is 129 cm³/mol. The zero-order valence-electron chi connectivity index (χ0n) is 18.4. The van der Waals surface area contributed by atoms with Crippen molar-refractivity contribution in [3.8, 4) is 11.5 Å². The fraction of sp³-hybridized carbons (Fsp3) is 0.192. The molecule has 0 fully saturated rings. The van der Waals surface area contributed by atoms with E-state index in [2.05, 4.69) is 59.8 Å². The summed E-state index contributed by atoms with van der Waals surface area (Å²) in [5.41, 5.74) is 7.55. The fourth-order valence-corrected chi connectivity index (χ4v) is 4.64. The van der Waals surface area contributed by atoms with Crippen molar-refractivity contribution in [3.63, 3.8) is 0 Å². The molecular formula is C26H24N4OS. The van der Waals surface area contributed by atoms with E-state index in [4.69, 9.17) is 14.4 Å². The normalized spacial score (nSPS) is 11.3. The molecule has 3 aromatic heterocycles. The Morgan fingerprint density at radius 1 is 0.938 bits per heavy atom. The number of thioether (sulfide) groups is 1. The highest BCUT2D eigenvalue weighted by Gasteiger charge is 2.17. The second-order valence-electron chi connectivity index (χ2n) is 8.01. The molecule has 0 aliphatic carbocycles. The van der Waals surface area contributed by atoms with Gasteiger partial charge in [0.1, 0.15) is 11.5 Å². The molecule has 0 N–H and O–H groups in total. The maximum atomic E-state index is 6.03. The van der Waals surface area contributed by atoms with Gasteiger partial charge in [0, 0.05) is 17.5 Å². The zero-order valence-corrected chi connectivity index (χ0v) is 19.2. The molecule has 5 aromatic rings. The van der Waals surface area contributed by atoms with Gasteiger partial charge in [0.15, 0.2) is 5.16 Å². The number of oxazole rings is 1. The van der Waals surface area contributed by atoms with E-state index >= 15 is 0 Å². The first-order valence-electron chi connectivity index (χ1n) is 10.6. The second-order valence-corrected chi connectivity index (χ2v) is 8.95. The maximum Gasteiger partial charge on any atom is 0.226 e. The Labute approximate surface area is 191 Å². The van der Waals surface area contributed by atoms with Crippen LogP contribution in [-0.4, -0.2) is 19.5 Å². The summed E-state index contributed by atoms with van der Waals surface area (Å²) >= 11 is 1.73. The number of rotatable bonds is 6. The molecule has 0 amide bonds. The molecule has 6 heteroatoms. The van der Waals surface area contributed by atoms with Crippen LogP contribution in [0.2, 0.25) is 0 Å². The minimum absolute atomic E-state index is 0.583.